The van der Waals surface area contributed by atoms with E-state index in [9.17, 15) is 10.1 Å². The first-order valence-electron chi connectivity index (χ1n) is 13.6. The van der Waals surface area contributed by atoms with Crippen LogP contribution in [0.5, 0.6) is 5.88 Å². The molecule has 4 aromatic rings. The van der Waals surface area contributed by atoms with Gasteiger partial charge in [0.15, 0.2) is 0 Å². The summed E-state index contributed by atoms with van der Waals surface area (Å²) in [6, 6.07) is 11.8. The van der Waals surface area contributed by atoms with E-state index in [2.05, 4.69) is 26.3 Å². The first-order chi connectivity index (χ1) is 19.2. The zero-order chi connectivity index (χ0) is 28.4. The van der Waals surface area contributed by atoms with E-state index in [-0.39, 0.29) is 18.2 Å². The standard InChI is InChI=1S/C29H34N8O3/c1-6-24(23-9-7-8-12-31-23)39-26-16-20(15-25-32-18-22(17-30)36(25)26)27-19(2)37(34-33-27)21-10-13-35(14-11-21)28(38)40-29(3,4)5/h7-9,12,15-16,18,21,24H,6,10-11,13-14H2,1-5H3/t24-/m1/s1. The van der Waals surface area contributed by atoms with E-state index in [4.69, 9.17) is 9.47 Å². The fraction of sp³-hybridized carbons (Fsp3) is 0.448. The normalized spacial score (nSPS) is 15.2. The van der Waals surface area contributed by atoms with Gasteiger partial charge in [0.05, 0.1) is 23.6 Å². The number of carbonyl (C=O) groups is 1. The fourth-order valence-corrected chi connectivity index (χ4v) is 5.02. The maximum absolute atomic E-state index is 12.5. The third kappa shape index (κ3) is 5.47. The quantitative estimate of drug-likeness (QED) is 0.323. The predicted octanol–water partition coefficient (Wildman–Crippen LogP) is 5.27. The second-order valence-corrected chi connectivity index (χ2v) is 11.0. The van der Waals surface area contributed by atoms with Gasteiger partial charge in [-0.2, -0.15) is 5.26 Å². The molecule has 208 valence electrons. The SMILES string of the molecule is CC[C@@H](Oc1cc(-c2nnn(C3CCN(C(=O)OC(C)(C)C)CC3)c2C)cc2ncc(C#N)n12)c1ccccn1. The van der Waals surface area contributed by atoms with Gasteiger partial charge in [0, 0.05) is 30.9 Å². The van der Waals surface area contributed by atoms with Crippen molar-refractivity contribution < 1.29 is 14.3 Å². The number of amides is 1. The van der Waals surface area contributed by atoms with E-state index in [0.29, 0.717) is 42.4 Å². The highest BCUT2D eigenvalue weighted by Crippen LogP contribution is 2.33. The van der Waals surface area contributed by atoms with Crippen molar-refractivity contribution in [2.45, 2.75) is 71.6 Å². The van der Waals surface area contributed by atoms with Crippen LogP contribution >= 0.6 is 0 Å². The lowest BCUT2D eigenvalue weighted by Crippen LogP contribution is -2.42. The molecule has 0 unspecified atom stereocenters. The molecule has 1 aliphatic heterocycles. The molecule has 5 rings (SSSR count). The Kier molecular flexibility index (Phi) is 7.43. The summed E-state index contributed by atoms with van der Waals surface area (Å²) in [7, 11) is 0. The van der Waals surface area contributed by atoms with Crippen LogP contribution in [0.2, 0.25) is 0 Å². The summed E-state index contributed by atoms with van der Waals surface area (Å²) < 4.78 is 15.7. The average molecular weight is 543 g/mol. The monoisotopic (exact) mass is 542 g/mol. The van der Waals surface area contributed by atoms with Gasteiger partial charge < -0.3 is 14.4 Å². The van der Waals surface area contributed by atoms with Gasteiger partial charge in [-0.25, -0.2) is 14.5 Å². The number of nitrogens with zero attached hydrogens (tertiary/aromatic N) is 8. The third-order valence-electron chi connectivity index (χ3n) is 7.00. The molecule has 1 atom stereocenters. The zero-order valence-electron chi connectivity index (χ0n) is 23.5. The Bertz CT molecular complexity index is 1540. The Hall–Kier alpha value is -4.46. The van der Waals surface area contributed by atoms with Crippen LogP contribution in [0.4, 0.5) is 4.79 Å². The maximum atomic E-state index is 12.5. The second kappa shape index (κ2) is 11.0. The number of hydrogen-bond donors (Lipinski definition) is 0. The van der Waals surface area contributed by atoms with Gasteiger partial charge >= 0.3 is 6.09 Å². The van der Waals surface area contributed by atoms with Crippen LogP contribution in [0, 0.1) is 18.3 Å². The Morgan fingerprint density at radius 2 is 1.98 bits per heavy atom. The van der Waals surface area contributed by atoms with E-state index in [1.807, 2.05) is 69.6 Å². The number of nitriles is 1. The number of fused-ring (bicyclic) bond motifs is 1. The number of piperidine rings is 1. The van der Waals surface area contributed by atoms with Crippen LogP contribution in [0.1, 0.15) is 76.2 Å². The van der Waals surface area contributed by atoms with E-state index < -0.39 is 5.60 Å². The molecule has 0 bridgehead atoms. The molecule has 0 N–H and O–H groups in total. The number of carbonyl (C=O) groups excluding carboxylic acids is 1. The van der Waals surface area contributed by atoms with Crippen molar-refractivity contribution in [2.75, 3.05) is 13.1 Å². The van der Waals surface area contributed by atoms with Crippen molar-refractivity contribution in [3.63, 3.8) is 0 Å². The van der Waals surface area contributed by atoms with Crippen LogP contribution < -0.4 is 4.74 Å². The molecule has 4 aromatic heterocycles. The number of likely N-dealkylation sites (tertiary alicyclic amines) is 1. The van der Waals surface area contributed by atoms with Crippen LogP contribution in [0.3, 0.4) is 0 Å². The van der Waals surface area contributed by atoms with Crippen LogP contribution in [-0.4, -0.2) is 59.0 Å². The molecule has 0 radical (unpaired) electrons. The molecule has 1 saturated heterocycles. The Labute approximate surface area is 233 Å². The molecule has 0 spiro atoms. The first kappa shape index (κ1) is 27.1. The number of pyridine rings is 2. The molecule has 1 fully saturated rings. The van der Waals surface area contributed by atoms with Crippen molar-refractivity contribution in [1.82, 2.24) is 34.3 Å². The van der Waals surface area contributed by atoms with Gasteiger partial charge in [-0.3, -0.25) is 9.38 Å². The third-order valence-corrected chi connectivity index (χ3v) is 7.00. The van der Waals surface area contributed by atoms with Gasteiger partial charge in [-0.1, -0.05) is 18.2 Å². The highest BCUT2D eigenvalue weighted by molar-refractivity contribution is 5.69. The molecule has 0 aliphatic carbocycles. The number of rotatable bonds is 6. The van der Waals surface area contributed by atoms with E-state index in [1.54, 1.807) is 15.5 Å². The fourth-order valence-electron chi connectivity index (χ4n) is 5.02. The molecule has 0 saturated carbocycles. The minimum Gasteiger partial charge on any atom is -0.469 e. The smallest absolute Gasteiger partial charge is 0.410 e. The molecular formula is C29H34N8O3. The average Bonchev–Trinajstić information content (AvgIpc) is 3.54. The highest BCUT2D eigenvalue weighted by Gasteiger charge is 2.29. The van der Waals surface area contributed by atoms with E-state index in [1.165, 1.54) is 6.20 Å². The summed E-state index contributed by atoms with van der Waals surface area (Å²) in [6.07, 6.45) is 4.89. The van der Waals surface area contributed by atoms with Crippen LogP contribution in [0.15, 0.2) is 42.7 Å². The number of imidazole rings is 1. The van der Waals surface area contributed by atoms with Crippen molar-refractivity contribution in [1.29, 1.82) is 5.26 Å². The van der Waals surface area contributed by atoms with Gasteiger partial charge in [0.1, 0.15) is 34.8 Å². The van der Waals surface area contributed by atoms with E-state index >= 15 is 0 Å². The lowest BCUT2D eigenvalue weighted by Gasteiger charge is -2.33. The number of ether oxygens (including phenoxy) is 2. The number of aromatic nitrogens is 6. The lowest BCUT2D eigenvalue weighted by molar-refractivity contribution is 0.0184. The molecular weight excluding hydrogens is 508 g/mol. The second-order valence-electron chi connectivity index (χ2n) is 11.0. The molecule has 1 amide bonds. The van der Waals surface area contributed by atoms with Crippen molar-refractivity contribution in [3.05, 3.63) is 59.8 Å². The van der Waals surface area contributed by atoms with Gasteiger partial charge in [0.2, 0.25) is 5.88 Å². The summed E-state index contributed by atoms with van der Waals surface area (Å²) in [6.45, 7) is 10.8. The molecule has 5 heterocycles. The summed E-state index contributed by atoms with van der Waals surface area (Å²) >= 11 is 0. The van der Waals surface area contributed by atoms with Crippen LogP contribution in [-0.2, 0) is 4.74 Å². The van der Waals surface area contributed by atoms with Crippen molar-refractivity contribution in [2.24, 2.45) is 0 Å². The molecule has 0 aromatic carbocycles. The Morgan fingerprint density at radius 1 is 1.20 bits per heavy atom. The largest absolute Gasteiger partial charge is 0.469 e. The van der Waals surface area contributed by atoms with Gasteiger partial charge in [-0.05, 0) is 65.2 Å². The summed E-state index contributed by atoms with van der Waals surface area (Å²) in [5.41, 5.74) is 3.67. The van der Waals surface area contributed by atoms with E-state index in [0.717, 1.165) is 29.8 Å². The summed E-state index contributed by atoms with van der Waals surface area (Å²) in [4.78, 5) is 23.2. The maximum Gasteiger partial charge on any atom is 0.410 e. The minimum absolute atomic E-state index is 0.115. The number of hydrogen-bond acceptors (Lipinski definition) is 8. The summed E-state index contributed by atoms with van der Waals surface area (Å²) in [5, 5.41) is 18.7. The highest BCUT2D eigenvalue weighted by atomic mass is 16.6. The van der Waals surface area contributed by atoms with Crippen molar-refractivity contribution in [3.8, 4) is 23.2 Å². The molecule has 11 nitrogen and oxygen atoms in total. The van der Waals surface area contributed by atoms with Gasteiger partial charge in [-0.15, -0.1) is 5.10 Å². The van der Waals surface area contributed by atoms with Crippen LogP contribution in [0.25, 0.3) is 16.9 Å². The Balaban J connectivity index is 1.42. The molecule has 1 aliphatic rings. The van der Waals surface area contributed by atoms with Gasteiger partial charge in [0.25, 0.3) is 0 Å². The molecule has 11 heteroatoms. The predicted molar refractivity (Wildman–Crippen MR) is 148 cm³/mol. The lowest BCUT2D eigenvalue weighted by atomic mass is 10.0. The topological polar surface area (TPSA) is 123 Å². The van der Waals surface area contributed by atoms with Crippen molar-refractivity contribution >= 4 is 11.7 Å². The Morgan fingerprint density at radius 3 is 2.62 bits per heavy atom. The minimum atomic E-state index is -0.521. The zero-order valence-corrected chi connectivity index (χ0v) is 23.5. The summed E-state index contributed by atoms with van der Waals surface area (Å²) in [5.74, 6) is 0.485. The molecule has 40 heavy (non-hydrogen) atoms. The first-order valence-corrected chi connectivity index (χ1v) is 13.6.